The van der Waals surface area contributed by atoms with Gasteiger partial charge in [0.05, 0.1) is 6.61 Å². The average molecular weight is 221 g/mol. The molecule has 0 heterocycles. The fraction of sp³-hybridized carbons (Fsp3) is 0.571. The molecule has 1 unspecified atom stereocenters. The molecule has 0 aliphatic heterocycles. The van der Waals surface area contributed by atoms with Crippen molar-refractivity contribution in [1.82, 2.24) is 5.32 Å². The summed E-state index contributed by atoms with van der Waals surface area (Å²) in [6.07, 6.45) is 2.38. The molecule has 2 nitrogen and oxygen atoms in total. The van der Waals surface area contributed by atoms with E-state index < -0.39 is 0 Å². The lowest BCUT2D eigenvalue weighted by Crippen LogP contribution is -2.26. The van der Waals surface area contributed by atoms with Crippen molar-refractivity contribution in [2.75, 3.05) is 26.8 Å². The van der Waals surface area contributed by atoms with Crippen molar-refractivity contribution >= 4 is 0 Å². The first kappa shape index (κ1) is 13.2. The molecule has 0 aliphatic rings. The van der Waals surface area contributed by atoms with Gasteiger partial charge in [-0.1, -0.05) is 43.7 Å². The molecule has 16 heavy (non-hydrogen) atoms. The average Bonchev–Trinajstić information content (AvgIpc) is 2.34. The van der Waals surface area contributed by atoms with E-state index in [0.717, 1.165) is 32.0 Å². The van der Waals surface area contributed by atoms with Gasteiger partial charge in [0.15, 0.2) is 0 Å². The Morgan fingerprint density at radius 3 is 2.62 bits per heavy atom. The van der Waals surface area contributed by atoms with Crippen LogP contribution >= 0.6 is 0 Å². The van der Waals surface area contributed by atoms with E-state index in [1.165, 1.54) is 12.0 Å². The number of hydrogen-bond donors (Lipinski definition) is 1. The lowest BCUT2D eigenvalue weighted by Gasteiger charge is -2.15. The highest BCUT2D eigenvalue weighted by molar-refractivity contribution is 5.15. The normalized spacial score (nSPS) is 12.6. The Balaban J connectivity index is 2.26. The SMILES string of the molecule is CCC(CNCCOC)Cc1ccccc1. The van der Waals surface area contributed by atoms with Crippen molar-refractivity contribution in [3.8, 4) is 0 Å². The molecule has 1 aromatic rings. The molecule has 0 radical (unpaired) electrons. The largest absolute Gasteiger partial charge is 0.383 e. The predicted molar refractivity (Wildman–Crippen MR) is 68.7 cm³/mol. The maximum atomic E-state index is 5.01. The zero-order valence-corrected chi connectivity index (χ0v) is 10.4. The molecule has 0 saturated heterocycles. The van der Waals surface area contributed by atoms with Crippen molar-refractivity contribution in [2.24, 2.45) is 5.92 Å². The molecule has 90 valence electrons. The minimum Gasteiger partial charge on any atom is -0.383 e. The summed E-state index contributed by atoms with van der Waals surface area (Å²) in [5.74, 6) is 0.722. The Hall–Kier alpha value is -0.860. The highest BCUT2D eigenvalue weighted by Gasteiger charge is 2.06. The van der Waals surface area contributed by atoms with Crippen LogP contribution in [0.25, 0.3) is 0 Å². The second-order valence-corrected chi connectivity index (χ2v) is 4.16. The zero-order valence-electron chi connectivity index (χ0n) is 10.4. The summed E-state index contributed by atoms with van der Waals surface area (Å²) in [6, 6.07) is 10.7. The van der Waals surface area contributed by atoms with E-state index in [1.807, 2.05) is 0 Å². The van der Waals surface area contributed by atoms with E-state index in [9.17, 15) is 0 Å². The maximum Gasteiger partial charge on any atom is 0.0587 e. The van der Waals surface area contributed by atoms with E-state index in [1.54, 1.807) is 7.11 Å². The minimum atomic E-state index is 0.722. The van der Waals surface area contributed by atoms with Crippen LogP contribution < -0.4 is 5.32 Å². The van der Waals surface area contributed by atoms with Gasteiger partial charge in [-0.3, -0.25) is 0 Å². The summed E-state index contributed by atoms with van der Waals surface area (Å²) < 4.78 is 5.01. The number of methoxy groups -OCH3 is 1. The monoisotopic (exact) mass is 221 g/mol. The van der Waals surface area contributed by atoms with Gasteiger partial charge < -0.3 is 10.1 Å². The second-order valence-electron chi connectivity index (χ2n) is 4.16. The summed E-state index contributed by atoms with van der Waals surface area (Å²) >= 11 is 0. The first-order valence-corrected chi connectivity index (χ1v) is 6.10. The van der Waals surface area contributed by atoms with Crippen LogP contribution in [0.2, 0.25) is 0 Å². The summed E-state index contributed by atoms with van der Waals surface area (Å²) in [5.41, 5.74) is 1.43. The predicted octanol–water partition coefficient (Wildman–Crippen LogP) is 2.49. The Morgan fingerprint density at radius 2 is 2.00 bits per heavy atom. The lowest BCUT2D eigenvalue weighted by molar-refractivity contribution is 0.197. The van der Waals surface area contributed by atoms with Gasteiger partial charge in [-0.15, -0.1) is 0 Å². The molecule has 1 atom stereocenters. The van der Waals surface area contributed by atoms with Crippen molar-refractivity contribution in [1.29, 1.82) is 0 Å². The van der Waals surface area contributed by atoms with Gasteiger partial charge in [0.25, 0.3) is 0 Å². The minimum absolute atomic E-state index is 0.722. The first-order chi connectivity index (χ1) is 7.86. The van der Waals surface area contributed by atoms with Crippen molar-refractivity contribution in [3.05, 3.63) is 35.9 Å². The summed E-state index contributed by atoms with van der Waals surface area (Å²) in [7, 11) is 1.74. The molecule has 1 aromatic carbocycles. The standard InChI is InChI=1S/C14H23NO/c1-3-13(12-15-9-10-16-2)11-14-7-5-4-6-8-14/h4-8,13,15H,3,9-12H2,1-2H3. The molecule has 0 amide bonds. The molecule has 0 aromatic heterocycles. The van der Waals surface area contributed by atoms with Crippen molar-refractivity contribution < 1.29 is 4.74 Å². The van der Waals surface area contributed by atoms with E-state index in [-0.39, 0.29) is 0 Å². The quantitative estimate of drug-likeness (QED) is 0.681. The van der Waals surface area contributed by atoms with Crippen LogP contribution in [-0.4, -0.2) is 26.8 Å². The van der Waals surface area contributed by atoms with E-state index in [2.05, 4.69) is 42.6 Å². The summed E-state index contributed by atoms with van der Waals surface area (Å²) in [5, 5.41) is 3.43. The number of ether oxygens (including phenoxy) is 1. The zero-order chi connectivity index (χ0) is 11.6. The molecule has 2 heteroatoms. The molecule has 0 aliphatic carbocycles. The van der Waals surface area contributed by atoms with Crippen LogP contribution in [0.3, 0.4) is 0 Å². The smallest absolute Gasteiger partial charge is 0.0587 e. The molecule has 1 N–H and O–H groups in total. The number of hydrogen-bond acceptors (Lipinski definition) is 2. The Labute approximate surface area is 99.0 Å². The van der Waals surface area contributed by atoms with Crippen LogP contribution in [0, 0.1) is 5.92 Å². The second kappa shape index (κ2) is 8.31. The van der Waals surface area contributed by atoms with Crippen LogP contribution in [0.1, 0.15) is 18.9 Å². The molecular weight excluding hydrogens is 198 g/mol. The topological polar surface area (TPSA) is 21.3 Å². The highest BCUT2D eigenvalue weighted by Crippen LogP contribution is 2.10. The van der Waals surface area contributed by atoms with E-state index >= 15 is 0 Å². The van der Waals surface area contributed by atoms with E-state index in [0.29, 0.717) is 0 Å². The van der Waals surface area contributed by atoms with Crippen LogP contribution in [0.15, 0.2) is 30.3 Å². The number of benzene rings is 1. The van der Waals surface area contributed by atoms with Gasteiger partial charge in [0.1, 0.15) is 0 Å². The van der Waals surface area contributed by atoms with Gasteiger partial charge in [0, 0.05) is 13.7 Å². The number of nitrogens with one attached hydrogen (secondary N) is 1. The van der Waals surface area contributed by atoms with Crippen LogP contribution in [-0.2, 0) is 11.2 Å². The van der Waals surface area contributed by atoms with E-state index in [4.69, 9.17) is 4.74 Å². The third-order valence-electron chi connectivity index (χ3n) is 2.86. The first-order valence-electron chi connectivity index (χ1n) is 6.10. The molecule has 0 fully saturated rings. The van der Waals surface area contributed by atoms with Gasteiger partial charge in [-0.25, -0.2) is 0 Å². The number of rotatable bonds is 8. The van der Waals surface area contributed by atoms with Gasteiger partial charge in [0.2, 0.25) is 0 Å². The molecular formula is C14H23NO. The molecule has 1 rings (SSSR count). The molecule has 0 saturated carbocycles. The van der Waals surface area contributed by atoms with Crippen LogP contribution in [0.4, 0.5) is 0 Å². The van der Waals surface area contributed by atoms with Crippen molar-refractivity contribution in [3.63, 3.8) is 0 Å². The highest BCUT2D eigenvalue weighted by atomic mass is 16.5. The Bertz CT molecular complexity index is 261. The summed E-state index contributed by atoms with van der Waals surface area (Å²) in [6.45, 7) is 5.07. The van der Waals surface area contributed by atoms with Crippen molar-refractivity contribution in [2.45, 2.75) is 19.8 Å². The molecule has 0 spiro atoms. The van der Waals surface area contributed by atoms with Crippen LogP contribution in [0.5, 0.6) is 0 Å². The third-order valence-corrected chi connectivity index (χ3v) is 2.86. The maximum absolute atomic E-state index is 5.01. The Morgan fingerprint density at radius 1 is 1.25 bits per heavy atom. The molecule has 0 bridgehead atoms. The van der Waals surface area contributed by atoms with Gasteiger partial charge >= 0.3 is 0 Å². The third kappa shape index (κ3) is 5.29. The fourth-order valence-corrected chi connectivity index (χ4v) is 1.79. The lowest BCUT2D eigenvalue weighted by atomic mass is 9.97. The summed E-state index contributed by atoms with van der Waals surface area (Å²) in [4.78, 5) is 0. The Kier molecular flexibility index (Phi) is 6.86. The van der Waals surface area contributed by atoms with Gasteiger partial charge in [-0.05, 0) is 24.4 Å². The van der Waals surface area contributed by atoms with Gasteiger partial charge in [-0.2, -0.15) is 0 Å². The fourth-order valence-electron chi connectivity index (χ4n) is 1.79.